The number of hydrogen-bond acceptors (Lipinski definition) is 5. The van der Waals surface area contributed by atoms with Gasteiger partial charge in [-0.1, -0.05) is 35.3 Å². The van der Waals surface area contributed by atoms with E-state index in [0.717, 1.165) is 8.87 Å². The molecule has 4 aromatic rings. The molecule has 0 aliphatic carbocycles. The van der Waals surface area contributed by atoms with Crippen LogP contribution >= 0.6 is 34.5 Å². The lowest BCUT2D eigenvalue weighted by atomic mass is 10.3. The highest BCUT2D eigenvalue weighted by Gasteiger charge is 2.25. The molecule has 2 aromatic heterocycles. The van der Waals surface area contributed by atoms with Crippen LogP contribution in [0.4, 0.5) is 5.69 Å². The topological polar surface area (TPSA) is 92.2 Å². The van der Waals surface area contributed by atoms with Gasteiger partial charge in [-0.05, 0) is 41.8 Å². The van der Waals surface area contributed by atoms with Crippen LogP contribution in [0.2, 0.25) is 10.0 Å². The van der Waals surface area contributed by atoms with E-state index in [1.807, 2.05) is 0 Å². The van der Waals surface area contributed by atoms with E-state index in [4.69, 9.17) is 23.2 Å². The lowest BCUT2D eigenvalue weighted by molar-refractivity contribution is 0.594. The van der Waals surface area contributed by atoms with Crippen molar-refractivity contribution in [1.82, 2.24) is 9.55 Å². The molecular weight excluding hydrogens is 469 g/mol. The molecule has 4 rings (SSSR count). The van der Waals surface area contributed by atoms with E-state index >= 15 is 0 Å². The third kappa shape index (κ3) is 3.33. The number of aromatic nitrogens is 2. The van der Waals surface area contributed by atoms with Gasteiger partial charge in [0.2, 0.25) is 0 Å². The first-order valence-corrected chi connectivity index (χ1v) is 11.6. The quantitative estimate of drug-likeness (QED) is 0.478. The van der Waals surface area contributed by atoms with Gasteiger partial charge in [-0.3, -0.25) is 14.1 Å². The lowest BCUT2D eigenvalue weighted by Crippen LogP contribution is -2.33. The maximum absolute atomic E-state index is 13.2. The van der Waals surface area contributed by atoms with Crippen molar-refractivity contribution < 1.29 is 8.42 Å². The number of halogens is 2. The molecule has 154 valence electrons. The first-order chi connectivity index (χ1) is 14.2. The lowest BCUT2D eigenvalue weighted by Gasteiger charge is -2.21. The van der Waals surface area contributed by atoms with Crippen LogP contribution in [0.3, 0.4) is 0 Å². The molecule has 0 amide bonds. The summed E-state index contributed by atoms with van der Waals surface area (Å²) in [4.78, 5) is 28.3. The summed E-state index contributed by atoms with van der Waals surface area (Å²) < 4.78 is 28.2. The fraction of sp³-hybridized carbons (Fsp3) is 0.0526. The van der Waals surface area contributed by atoms with Crippen LogP contribution in [0, 0.1) is 0 Å². The van der Waals surface area contributed by atoms with Gasteiger partial charge in [0.15, 0.2) is 0 Å². The molecule has 0 fully saturated rings. The molecule has 0 spiro atoms. The first-order valence-electron chi connectivity index (χ1n) is 8.48. The Morgan fingerprint density at radius 1 is 1.03 bits per heavy atom. The third-order valence-electron chi connectivity index (χ3n) is 4.53. The summed E-state index contributed by atoms with van der Waals surface area (Å²) in [7, 11) is -2.69. The minimum Gasteiger partial charge on any atom is -0.298 e. The van der Waals surface area contributed by atoms with Gasteiger partial charge in [-0.25, -0.2) is 17.8 Å². The Hall–Kier alpha value is -2.59. The molecule has 2 heterocycles. The second-order valence-electron chi connectivity index (χ2n) is 6.27. The Bertz CT molecular complexity index is 1510. The molecule has 0 aliphatic rings. The maximum Gasteiger partial charge on any atom is 0.334 e. The van der Waals surface area contributed by atoms with Gasteiger partial charge in [-0.15, -0.1) is 11.3 Å². The fourth-order valence-corrected chi connectivity index (χ4v) is 5.50. The zero-order valence-electron chi connectivity index (χ0n) is 15.3. The third-order valence-corrected chi connectivity index (χ3v) is 7.77. The van der Waals surface area contributed by atoms with E-state index < -0.39 is 21.3 Å². The fourth-order valence-electron chi connectivity index (χ4n) is 2.98. The molecule has 0 unspecified atom stereocenters. The number of H-pyrrole nitrogens is 1. The number of para-hydroxylation sites is 1. The van der Waals surface area contributed by atoms with Crippen molar-refractivity contribution in [1.29, 1.82) is 0 Å². The van der Waals surface area contributed by atoms with Crippen molar-refractivity contribution in [2.45, 2.75) is 4.90 Å². The number of rotatable bonds is 4. The smallest absolute Gasteiger partial charge is 0.298 e. The minimum atomic E-state index is -4.05. The maximum atomic E-state index is 13.2. The molecule has 0 saturated carbocycles. The Morgan fingerprint density at radius 3 is 2.50 bits per heavy atom. The number of benzene rings is 2. The summed E-state index contributed by atoms with van der Waals surface area (Å²) >= 11 is 13.6. The summed E-state index contributed by atoms with van der Waals surface area (Å²) in [5.74, 6) is 0. The van der Waals surface area contributed by atoms with Crippen LogP contribution in [0.15, 0.2) is 68.4 Å². The van der Waals surface area contributed by atoms with Gasteiger partial charge in [-0.2, -0.15) is 0 Å². The van der Waals surface area contributed by atoms with Gasteiger partial charge in [0.05, 0.1) is 31.7 Å². The highest BCUT2D eigenvalue weighted by molar-refractivity contribution is 7.92. The summed E-state index contributed by atoms with van der Waals surface area (Å²) in [6.07, 6.45) is 0. The van der Waals surface area contributed by atoms with E-state index in [1.54, 1.807) is 35.7 Å². The average molecular weight is 482 g/mol. The first kappa shape index (κ1) is 20.7. The molecular formula is C19H13Cl2N3O4S2. The number of hydrogen-bond donors (Lipinski definition) is 1. The van der Waals surface area contributed by atoms with Gasteiger partial charge in [0.1, 0.15) is 4.83 Å². The number of aromatic amines is 1. The number of nitrogens with zero attached hydrogens (tertiary/aromatic N) is 2. The summed E-state index contributed by atoms with van der Waals surface area (Å²) in [5.41, 5.74) is -1.06. The molecule has 0 bridgehead atoms. The van der Waals surface area contributed by atoms with Crippen LogP contribution < -0.4 is 15.6 Å². The normalized spacial score (nSPS) is 11.7. The molecule has 0 radical (unpaired) electrons. The van der Waals surface area contributed by atoms with Gasteiger partial charge >= 0.3 is 5.69 Å². The van der Waals surface area contributed by atoms with Crippen molar-refractivity contribution in [2.24, 2.45) is 0 Å². The minimum absolute atomic E-state index is 0.0374. The Labute approximate surface area is 184 Å². The molecule has 0 atom stereocenters. The Kier molecular flexibility index (Phi) is 5.23. The predicted octanol–water partition coefficient (Wildman–Crippen LogP) is 3.87. The van der Waals surface area contributed by atoms with Gasteiger partial charge in [0.25, 0.3) is 15.6 Å². The van der Waals surface area contributed by atoms with Crippen molar-refractivity contribution in [3.05, 3.63) is 84.8 Å². The van der Waals surface area contributed by atoms with E-state index in [9.17, 15) is 18.0 Å². The van der Waals surface area contributed by atoms with Gasteiger partial charge < -0.3 is 0 Å². The largest absolute Gasteiger partial charge is 0.334 e. The number of fused-ring (bicyclic) bond motifs is 1. The highest BCUT2D eigenvalue weighted by Crippen LogP contribution is 2.30. The summed E-state index contributed by atoms with van der Waals surface area (Å²) in [5, 5.41) is 2.29. The van der Waals surface area contributed by atoms with Crippen molar-refractivity contribution in [2.75, 3.05) is 11.4 Å². The number of thiophene rings is 1. The SMILES string of the molecule is CN(c1ccccc1Cl)S(=O)(=O)c1ccc(Cl)c(-n2c(=O)[nH]c3sccc3c2=O)c1. The van der Waals surface area contributed by atoms with E-state index in [-0.39, 0.29) is 26.3 Å². The zero-order chi connectivity index (χ0) is 21.6. The van der Waals surface area contributed by atoms with Crippen LogP contribution in [-0.2, 0) is 10.0 Å². The molecule has 7 nitrogen and oxygen atoms in total. The van der Waals surface area contributed by atoms with E-state index in [2.05, 4.69) is 4.98 Å². The van der Waals surface area contributed by atoms with E-state index in [0.29, 0.717) is 10.2 Å². The predicted molar refractivity (Wildman–Crippen MR) is 120 cm³/mol. The summed E-state index contributed by atoms with van der Waals surface area (Å²) in [6.45, 7) is 0. The Morgan fingerprint density at radius 2 is 1.77 bits per heavy atom. The van der Waals surface area contributed by atoms with Crippen molar-refractivity contribution in [3.63, 3.8) is 0 Å². The van der Waals surface area contributed by atoms with Crippen LogP contribution in [-0.4, -0.2) is 25.0 Å². The van der Waals surface area contributed by atoms with Gasteiger partial charge in [0, 0.05) is 7.05 Å². The van der Waals surface area contributed by atoms with E-state index in [1.165, 1.54) is 36.6 Å². The second-order valence-corrected chi connectivity index (χ2v) is 9.97. The zero-order valence-corrected chi connectivity index (χ0v) is 18.4. The standard InChI is InChI=1S/C19H13Cl2N3O4S2/c1-23(15-5-3-2-4-13(15)20)30(27,28)11-6-7-14(21)16(10-11)24-18(25)12-8-9-29-17(12)22-19(24)26/h2-10H,1H3,(H,22,26). The molecule has 30 heavy (non-hydrogen) atoms. The second kappa shape index (κ2) is 7.59. The number of nitrogens with one attached hydrogen (secondary N) is 1. The molecule has 1 N–H and O–H groups in total. The Balaban J connectivity index is 1.91. The number of sulfonamides is 1. The van der Waals surface area contributed by atoms with Crippen molar-refractivity contribution >= 4 is 60.5 Å². The average Bonchev–Trinajstić information content (AvgIpc) is 3.17. The molecule has 0 saturated heterocycles. The molecule has 0 aliphatic heterocycles. The van der Waals surface area contributed by atoms with Crippen LogP contribution in [0.1, 0.15) is 0 Å². The van der Waals surface area contributed by atoms with Crippen LogP contribution in [0.25, 0.3) is 15.9 Å². The summed E-state index contributed by atoms with van der Waals surface area (Å²) in [6, 6.07) is 11.9. The molecule has 11 heteroatoms. The number of anilines is 1. The highest BCUT2D eigenvalue weighted by atomic mass is 35.5. The monoisotopic (exact) mass is 481 g/mol. The van der Waals surface area contributed by atoms with Crippen LogP contribution in [0.5, 0.6) is 0 Å². The van der Waals surface area contributed by atoms with Crippen molar-refractivity contribution in [3.8, 4) is 5.69 Å². The molecule has 2 aromatic carbocycles.